The van der Waals surface area contributed by atoms with Crippen molar-refractivity contribution in [1.82, 2.24) is 9.38 Å². The lowest BCUT2D eigenvalue weighted by Gasteiger charge is -2.07. The molecule has 0 saturated carbocycles. The van der Waals surface area contributed by atoms with Gasteiger partial charge in [0.2, 0.25) is 0 Å². The van der Waals surface area contributed by atoms with E-state index in [1.807, 2.05) is 18.2 Å². The maximum absolute atomic E-state index is 11.6. The summed E-state index contributed by atoms with van der Waals surface area (Å²) in [7, 11) is 1.35. The molecule has 0 radical (unpaired) electrons. The number of rotatable bonds is 3. The van der Waals surface area contributed by atoms with Crippen LogP contribution in [0.1, 0.15) is 9.75 Å². The van der Waals surface area contributed by atoms with Gasteiger partial charge in [0.05, 0.1) is 7.11 Å². The number of carbonyl (C=O) groups is 1. The predicted octanol–water partition coefficient (Wildman–Crippen LogP) is 5.73. The molecule has 0 fully saturated rings. The summed E-state index contributed by atoms with van der Waals surface area (Å²) in [5.74, 6) is 0. The van der Waals surface area contributed by atoms with Crippen LogP contribution >= 0.6 is 23.1 Å². The number of imidazole rings is 1. The van der Waals surface area contributed by atoms with Gasteiger partial charge in [0.25, 0.3) is 0 Å². The number of hydrogen-bond donors (Lipinski definition) is 1. The van der Waals surface area contributed by atoms with Gasteiger partial charge in [-0.2, -0.15) is 0 Å². The van der Waals surface area contributed by atoms with E-state index in [0.29, 0.717) is 5.69 Å². The first kappa shape index (κ1) is 17.9. The number of benzene rings is 1. The van der Waals surface area contributed by atoms with Crippen molar-refractivity contribution in [3.63, 3.8) is 0 Å². The first-order valence-electron chi connectivity index (χ1n) is 8.43. The van der Waals surface area contributed by atoms with E-state index in [4.69, 9.17) is 9.72 Å². The van der Waals surface area contributed by atoms with Crippen molar-refractivity contribution in [2.24, 2.45) is 0 Å². The monoisotopic (exact) mass is 397 g/mol. The van der Waals surface area contributed by atoms with E-state index in [1.165, 1.54) is 22.4 Å². The molecule has 5 nitrogen and oxygen atoms in total. The number of methoxy groups -OCH3 is 1. The van der Waals surface area contributed by atoms with Crippen LogP contribution in [0.15, 0.2) is 41.6 Å². The number of nitrogens with one attached hydrogen (secondary N) is 1. The normalized spacial score (nSPS) is 11.3. The van der Waals surface area contributed by atoms with E-state index in [1.54, 1.807) is 23.1 Å². The van der Waals surface area contributed by atoms with Crippen LogP contribution in [0.5, 0.6) is 0 Å². The molecule has 0 aliphatic carbocycles. The van der Waals surface area contributed by atoms with E-state index < -0.39 is 6.09 Å². The fourth-order valence-corrected chi connectivity index (χ4v) is 4.90. The van der Waals surface area contributed by atoms with Crippen LogP contribution in [0.3, 0.4) is 0 Å². The number of fused-ring (bicyclic) bond motifs is 3. The van der Waals surface area contributed by atoms with Gasteiger partial charge in [0, 0.05) is 32.6 Å². The number of thioether (sulfide) groups is 1. The van der Waals surface area contributed by atoms with Crippen LogP contribution in [0.4, 0.5) is 10.5 Å². The number of carbonyl (C=O) groups excluding carboxylic acids is 1. The Morgan fingerprint density at radius 1 is 1.26 bits per heavy atom. The van der Waals surface area contributed by atoms with Crippen LogP contribution in [0.25, 0.3) is 27.7 Å². The third kappa shape index (κ3) is 3.07. The molecule has 0 atom stereocenters. The number of aryl methyl sites for hydroxylation is 2. The zero-order valence-corrected chi connectivity index (χ0v) is 17.1. The van der Waals surface area contributed by atoms with Gasteiger partial charge < -0.3 is 4.74 Å². The third-order valence-corrected chi connectivity index (χ3v) is 6.23. The molecular weight excluding hydrogens is 378 g/mol. The average Bonchev–Trinajstić information content (AvgIpc) is 3.20. The Balaban J connectivity index is 1.97. The number of thiophene rings is 1. The summed E-state index contributed by atoms with van der Waals surface area (Å²) in [6.45, 7) is 4.26. The van der Waals surface area contributed by atoms with E-state index in [9.17, 15) is 4.79 Å². The lowest BCUT2D eigenvalue weighted by molar-refractivity contribution is 0.187. The topological polar surface area (TPSA) is 55.6 Å². The fourth-order valence-electron chi connectivity index (χ4n) is 3.28. The van der Waals surface area contributed by atoms with Crippen molar-refractivity contribution in [3.05, 3.63) is 46.3 Å². The molecule has 0 bridgehead atoms. The smallest absolute Gasteiger partial charge is 0.411 e. The molecule has 0 spiro atoms. The molecule has 1 N–H and O–H groups in total. The summed E-state index contributed by atoms with van der Waals surface area (Å²) < 4.78 is 6.82. The van der Waals surface area contributed by atoms with Crippen molar-refractivity contribution in [3.8, 4) is 11.3 Å². The summed E-state index contributed by atoms with van der Waals surface area (Å²) >= 11 is 3.48. The number of anilines is 1. The Bertz CT molecular complexity index is 1180. The standard InChI is InChI=1S/C20H19N3O2S2/c1-11-9-15(12(2)27-11)17-19(26-4)23-8-7-13-5-6-14(21-20(24)25-3)10-16(13)18(23)22-17/h5-10H,1-4H3,(H,21,24). The molecule has 138 valence electrons. The Kier molecular flexibility index (Phi) is 4.57. The minimum absolute atomic E-state index is 0.487. The minimum atomic E-state index is -0.487. The molecule has 3 heterocycles. The van der Waals surface area contributed by atoms with Crippen LogP contribution in [0.2, 0.25) is 0 Å². The fraction of sp³-hybridized carbons (Fsp3) is 0.200. The van der Waals surface area contributed by atoms with Gasteiger partial charge in [-0.25, -0.2) is 9.78 Å². The van der Waals surface area contributed by atoms with Crippen molar-refractivity contribution in [2.75, 3.05) is 18.7 Å². The molecule has 4 aromatic rings. The van der Waals surface area contributed by atoms with Crippen molar-refractivity contribution in [1.29, 1.82) is 0 Å². The molecular formula is C20H19N3O2S2. The second-order valence-corrected chi connectivity index (χ2v) is 8.48. The van der Waals surface area contributed by atoms with Gasteiger partial charge in [-0.05, 0) is 49.8 Å². The molecule has 27 heavy (non-hydrogen) atoms. The maximum Gasteiger partial charge on any atom is 0.411 e. The highest BCUT2D eigenvalue weighted by atomic mass is 32.2. The second kappa shape index (κ2) is 6.90. The van der Waals surface area contributed by atoms with Crippen LogP contribution in [0, 0.1) is 13.8 Å². The number of ether oxygens (including phenoxy) is 1. The highest BCUT2D eigenvalue weighted by molar-refractivity contribution is 7.98. The van der Waals surface area contributed by atoms with Crippen molar-refractivity contribution in [2.45, 2.75) is 18.9 Å². The molecule has 7 heteroatoms. The molecule has 4 rings (SSSR count). The van der Waals surface area contributed by atoms with Gasteiger partial charge in [-0.3, -0.25) is 9.72 Å². The van der Waals surface area contributed by atoms with E-state index >= 15 is 0 Å². The molecule has 0 saturated heterocycles. The number of nitrogens with zero attached hydrogens (tertiary/aromatic N) is 2. The maximum atomic E-state index is 11.6. The first-order chi connectivity index (χ1) is 13.0. The van der Waals surface area contributed by atoms with Crippen molar-refractivity contribution >= 4 is 51.3 Å². The molecule has 1 aromatic carbocycles. The van der Waals surface area contributed by atoms with E-state index in [0.717, 1.165) is 27.1 Å². The zero-order valence-electron chi connectivity index (χ0n) is 15.5. The van der Waals surface area contributed by atoms with Gasteiger partial charge >= 0.3 is 6.09 Å². The van der Waals surface area contributed by atoms with Crippen LogP contribution in [-0.2, 0) is 4.74 Å². The molecule has 0 aliphatic heterocycles. The lowest BCUT2D eigenvalue weighted by Crippen LogP contribution is -2.10. The number of hydrogen-bond acceptors (Lipinski definition) is 5. The van der Waals surface area contributed by atoms with Gasteiger partial charge in [-0.15, -0.1) is 23.1 Å². The second-order valence-electron chi connectivity index (χ2n) is 6.22. The molecule has 0 unspecified atom stereocenters. The molecule has 1 amide bonds. The summed E-state index contributed by atoms with van der Waals surface area (Å²) in [4.78, 5) is 19.1. The largest absolute Gasteiger partial charge is 0.453 e. The van der Waals surface area contributed by atoms with Gasteiger partial charge in [-0.1, -0.05) is 6.07 Å². The SMILES string of the molecule is COC(=O)Nc1ccc2ccn3c(SC)c(-c4cc(C)sc4C)nc3c2c1. The molecule has 0 aliphatic rings. The highest BCUT2D eigenvalue weighted by Crippen LogP contribution is 2.38. The Morgan fingerprint density at radius 2 is 2.07 bits per heavy atom. The zero-order chi connectivity index (χ0) is 19.1. The van der Waals surface area contributed by atoms with Crippen LogP contribution < -0.4 is 5.32 Å². The summed E-state index contributed by atoms with van der Waals surface area (Å²) in [6, 6.07) is 10.1. The summed E-state index contributed by atoms with van der Waals surface area (Å²) in [6.07, 6.45) is 3.64. The van der Waals surface area contributed by atoms with Gasteiger partial charge in [0.1, 0.15) is 16.4 Å². The summed E-state index contributed by atoms with van der Waals surface area (Å²) in [5.41, 5.74) is 3.74. The summed E-state index contributed by atoms with van der Waals surface area (Å²) in [5, 5.41) is 5.89. The highest BCUT2D eigenvalue weighted by Gasteiger charge is 2.18. The molecule has 3 aromatic heterocycles. The van der Waals surface area contributed by atoms with E-state index in [2.05, 4.69) is 48.2 Å². The number of pyridine rings is 1. The number of amides is 1. The first-order valence-corrected chi connectivity index (χ1v) is 10.5. The van der Waals surface area contributed by atoms with Gasteiger partial charge in [0.15, 0.2) is 0 Å². The van der Waals surface area contributed by atoms with Crippen LogP contribution in [-0.4, -0.2) is 28.8 Å². The predicted molar refractivity (Wildman–Crippen MR) is 113 cm³/mol. The van der Waals surface area contributed by atoms with E-state index in [-0.39, 0.29) is 0 Å². The Morgan fingerprint density at radius 3 is 2.74 bits per heavy atom. The van der Waals surface area contributed by atoms with Crippen molar-refractivity contribution < 1.29 is 9.53 Å². The lowest BCUT2D eigenvalue weighted by atomic mass is 10.1. The quantitative estimate of drug-likeness (QED) is 0.448. The third-order valence-electron chi connectivity index (χ3n) is 4.49. The Labute approximate surface area is 165 Å². The average molecular weight is 398 g/mol. The minimum Gasteiger partial charge on any atom is -0.453 e. The number of aromatic nitrogens is 2. The Hall–Kier alpha value is -2.51.